The van der Waals surface area contributed by atoms with Gasteiger partial charge in [0.1, 0.15) is 12.1 Å². The number of nitrogens with zero attached hydrogens (tertiary/aromatic N) is 1. The van der Waals surface area contributed by atoms with Gasteiger partial charge >= 0.3 is 0 Å². The fourth-order valence-corrected chi connectivity index (χ4v) is 3.19. The molecule has 1 N–H and O–H groups in total. The highest BCUT2D eigenvalue weighted by molar-refractivity contribution is 5.97. The van der Waals surface area contributed by atoms with Crippen molar-refractivity contribution in [2.45, 2.75) is 65.6 Å². The number of piperazine rings is 1. The number of carbonyl (C=O) groups is 2. The molecule has 2 rings (SSSR count). The van der Waals surface area contributed by atoms with Crippen LogP contribution in [0.2, 0.25) is 0 Å². The highest BCUT2D eigenvalue weighted by Gasteiger charge is 2.49. The topological polar surface area (TPSA) is 58.6 Å². The smallest absolute Gasteiger partial charge is 0.246 e. The van der Waals surface area contributed by atoms with Crippen molar-refractivity contribution in [2.75, 3.05) is 13.2 Å². The number of carbonyl (C=O) groups excluding carboxylic acids is 2. The van der Waals surface area contributed by atoms with Gasteiger partial charge in [-0.1, -0.05) is 41.0 Å². The van der Waals surface area contributed by atoms with Gasteiger partial charge in [-0.05, 0) is 17.8 Å². The summed E-state index contributed by atoms with van der Waals surface area (Å²) in [6.07, 6.45) is 1.69. The maximum absolute atomic E-state index is 13.0. The predicted octanol–water partition coefficient (Wildman–Crippen LogP) is 1.56. The Balaban J connectivity index is 2.34. The zero-order valence-electron chi connectivity index (χ0n) is 13.8. The summed E-state index contributed by atoms with van der Waals surface area (Å²) in [5, 5.41) is 2.95. The van der Waals surface area contributed by atoms with E-state index in [-0.39, 0.29) is 35.2 Å². The van der Waals surface area contributed by atoms with E-state index in [1.165, 1.54) is 0 Å². The molecule has 0 aliphatic carbocycles. The zero-order valence-corrected chi connectivity index (χ0v) is 13.8. The normalized spacial score (nSPS) is 32.2. The van der Waals surface area contributed by atoms with Crippen LogP contribution in [-0.2, 0) is 14.3 Å². The van der Waals surface area contributed by atoms with E-state index in [1.807, 2.05) is 32.6 Å². The number of amides is 2. The standard InChI is InChI=1S/C16H28N2O3/c1-6-10(2)12-14(19)17-13(16(3,4)5)15(20)18(12)11-7-8-21-9-11/h10-13H,6-9H2,1-5H3,(H,17,19). The van der Waals surface area contributed by atoms with Gasteiger partial charge in [-0.15, -0.1) is 0 Å². The quantitative estimate of drug-likeness (QED) is 0.860. The lowest BCUT2D eigenvalue weighted by Crippen LogP contribution is -2.70. The number of hydrogen-bond acceptors (Lipinski definition) is 3. The van der Waals surface area contributed by atoms with Crippen molar-refractivity contribution in [2.24, 2.45) is 11.3 Å². The Kier molecular flexibility index (Phi) is 4.61. The van der Waals surface area contributed by atoms with Gasteiger partial charge in [0.15, 0.2) is 0 Å². The number of ether oxygens (including phenoxy) is 1. The molecular weight excluding hydrogens is 268 g/mol. The molecule has 0 spiro atoms. The van der Waals surface area contributed by atoms with Gasteiger partial charge in [-0.2, -0.15) is 0 Å². The highest BCUT2D eigenvalue weighted by atomic mass is 16.5. The first-order valence-corrected chi connectivity index (χ1v) is 7.97. The van der Waals surface area contributed by atoms with Gasteiger partial charge in [0.25, 0.3) is 0 Å². The third kappa shape index (κ3) is 3.07. The molecule has 0 aromatic rings. The third-order valence-electron chi connectivity index (χ3n) is 4.70. The molecule has 2 fully saturated rings. The molecule has 4 atom stereocenters. The Morgan fingerprint density at radius 1 is 1.38 bits per heavy atom. The minimum Gasteiger partial charge on any atom is -0.379 e. The molecule has 2 saturated heterocycles. The first kappa shape index (κ1) is 16.3. The lowest BCUT2D eigenvalue weighted by atomic mass is 9.81. The van der Waals surface area contributed by atoms with Crippen LogP contribution in [-0.4, -0.2) is 48.1 Å². The molecule has 2 aliphatic heterocycles. The summed E-state index contributed by atoms with van der Waals surface area (Å²) in [6.45, 7) is 11.3. The van der Waals surface area contributed by atoms with E-state index in [2.05, 4.69) is 12.2 Å². The van der Waals surface area contributed by atoms with Crippen LogP contribution in [0.25, 0.3) is 0 Å². The summed E-state index contributed by atoms with van der Waals surface area (Å²) in [6, 6.07) is -0.786. The van der Waals surface area contributed by atoms with Gasteiger partial charge < -0.3 is 15.0 Å². The molecule has 5 nitrogen and oxygen atoms in total. The summed E-state index contributed by atoms with van der Waals surface area (Å²) in [7, 11) is 0. The lowest BCUT2D eigenvalue weighted by Gasteiger charge is -2.47. The van der Waals surface area contributed by atoms with Crippen molar-refractivity contribution in [1.82, 2.24) is 10.2 Å². The molecule has 21 heavy (non-hydrogen) atoms. The van der Waals surface area contributed by atoms with Gasteiger partial charge in [0.2, 0.25) is 11.8 Å². The molecule has 0 radical (unpaired) electrons. The second-order valence-electron chi connectivity index (χ2n) is 7.40. The average Bonchev–Trinajstić information content (AvgIpc) is 2.92. The number of nitrogens with one attached hydrogen (secondary N) is 1. The molecular formula is C16H28N2O3. The molecule has 0 bridgehead atoms. The van der Waals surface area contributed by atoms with E-state index >= 15 is 0 Å². The van der Waals surface area contributed by atoms with E-state index < -0.39 is 6.04 Å². The largest absolute Gasteiger partial charge is 0.379 e. The molecule has 4 unspecified atom stereocenters. The van der Waals surface area contributed by atoms with Crippen LogP contribution in [0.3, 0.4) is 0 Å². The van der Waals surface area contributed by atoms with Crippen LogP contribution < -0.4 is 5.32 Å². The van der Waals surface area contributed by atoms with Gasteiger partial charge in [0.05, 0.1) is 12.6 Å². The molecule has 120 valence electrons. The molecule has 0 aromatic carbocycles. The summed E-state index contributed by atoms with van der Waals surface area (Å²) in [5.41, 5.74) is -0.287. The highest BCUT2D eigenvalue weighted by Crippen LogP contribution is 2.31. The zero-order chi connectivity index (χ0) is 15.8. The van der Waals surface area contributed by atoms with E-state index in [0.29, 0.717) is 13.2 Å². The average molecular weight is 296 g/mol. The first-order valence-electron chi connectivity index (χ1n) is 7.97. The van der Waals surface area contributed by atoms with Crippen molar-refractivity contribution in [1.29, 1.82) is 0 Å². The minimum atomic E-state index is -0.453. The fourth-order valence-electron chi connectivity index (χ4n) is 3.19. The molecule has 0 saturated carbocycles. The van der Waals surface area contributed by atoms with Crippen LogP contribution >= 0.6 is 0 Å². The van der Waals surface area contributed by atoms with Crippen molar-refractivity contribution in [3.63, 3.8) is 0 Å². The van der Waals surface area contributed by atoms with Crippen molar-refractivity contribution >= 4 is 11.8 Å². The van der Waals surface area contributed by atoms with Crippen LogP contribution in [0, 0.1) is 11.3 Å². The van der Waals surface area contributed by atoms with Gasteiger partial charge in [-0.25, -0.2) is 0 Å². The number of hydrogen-bond donors (Lipinski definition) is 1. The maximum Gasteiger partial charge on any atom is 0.246 e. The van der Waals surface area contributed by atoms with Gasteiger partial charge in [-0.3, -0.25) is 9.59 Å². The first-order chi connectivity index (χ1) is 9.77. The minimum absolute atomic E-state index is 0.0178. The van der Waals surface area contributed by atoms with Crippen LogP contribution in [0.15, 0.2) is 0 Å². The Hall–Kier alpha value is -1.10. The Labute approximate surface area is 127 Å². The Bertz CT molecular complexity index is 410. The van der Waals surface area contributed by atoms with Crippen LogP contribution in [0.4, 0.5) is 0 Å². The Morgan fingerprint density at radius 2 is 2.05 bits per heavy atom. The molecule has 2 heterocycles. The maximum atomic E-state index is 13.0. The second kappa shape index (κ2) is 5.95. The SMILES string of the molecule is CCC(C)C1C(=O)NC(C(C)(C)C)C(=O)N1C1CCOC1. The second-order valence-corrected chi connectivity index (χ2v) is 7.40. The molecule has 2 aliphatic rings. The lowest BCUT2D eigenvalue weighted by molar-refractivity contribution is -0.157. The van der Waals surface area contributed by atoms with E-state index in [0.717, 1.165) is 12.8 Å². The van der Waals surface area contributed by atoms with E-state index in [4.69, 9.17) is 4.74 Å². The Morgan fingerprint density at radius 3 is 2.52 bits per heavy atom. The monoisotopic (exact) mass is 296 g/mol. The van der Waals surface area contributed by atoms with Gasteiger partial charge in [0, 0.05) is 6.61 Å². The molecule has 5 heteroatoms. The summed E-state index contributed by atoms with van der Waals surface area (Å²) in [4.78, 5) is 27.4. The van der Waals surface area contributed by atoms with Crippen molar-refractivity contribution in [3.8, 4) is 0 Å². The number of rotatable bonds is 3. The molecule has 2 amide bonds. The van der Waals surface area contributed by atoms with E-state index in [1.54, 1.807) is 0 Å². The summed E-state index contributed by atoms with van der Waals surface area (Å²) < 4.78 is 5.45. The van der Waals surface area contributed by atoms with E-state index in [9.17, 15) is 9.59 Å². The fraction of sp³-hybridized carbons (Fsp3) is 0.875. The predicted molar refractivity (Wildman–Crippen MR) is 80.7 cm³/mol. The van der Waals surface area contributed by atoms with Crippen molar-refractivity contribution in [3.05, 3.63) is 0 Å². The van der Waals surface area contributed by atoms with Crippen molar-refractivity contribution < 1.29 is 14.3 Å². The van der Waals surface area contributed by atoms with Crippen LogP contribution in [0.5, 0.6) is 0 Å². The van der Waals surface area contributed by atoms with Crippen LogP contribution in [0.1, 0.15) is 47.5 Å². The third-order valence-corrected chi connectivity index (χ3v) is 4.70. The summed E-state index contributed by atoms with van der Waals surface area (Å²) >= 11 is 0. The molecule has 0 aromatic heterocycles. The summed E-state index contributed by atoms with van der Waals surface area (Å²) in [5.74, 6) is 0.175.